The van der Waals surface area contributed by atoms with Crippen molar-refractivity contribution in [3.05, 3.63) is 30.2 Å². The monoisotopic (exact) mass is 411 g/mol. The van der Waals surface area contributed by atoms with Crippen LogP contribution in [0.4, 0.5) is 0 Å². The average molecular weight is 411 g/mol. The number of nitrogens with zero attached hydrogens (tertiary/aromatic N) is 3. The van der Waals surface area contributed by atoms with Gasteiger partial charge in [-0.05, 0) is 70.7 Å². The Morgan fingerprint density at radius 2 is 1.90 bits per heavy atom. The van der Waals surface area contributed by atoms with E-state index in [1.807, 2.05) is 0 Å². The molecule has 1 aromatic heterocycles. The number of benzene rings is 1. The lowest BCUT2D eigenvalue weighted by Gasteiger charge is -2.23. The minimum atomic E-state index is -1.13. The van der Waals surface area contributed by atoms with Crippen LogP contribution < -0.4 is 15.8 Å². The number of primary amides is 1. The van der Waals surface area contributed by atoms with Crippen molar-refractivity contribution < 1.29 is 18.8 Å². The van der Waals surface area contributed by atoms with Gasteiger partial charge < -0.3 is 20.3 Å². The number of hydrogen-bond donors (Lipinski definition) is 2. The largest absolute Gasteiger partial charge is 0.478 e. The third-order valence-electron chi connectivity index (χ3n) is 4.99. The van der Waals surface area contributed by atoms with Crippen LogP contribution in [-0.4, -0.2) is 27.6 Å². The van der Waals surface area contributed by atoms with Gasteiger partial charge in [-0.3, -0.25) is 9.59 Å². The van der Waals surface area contributed by atoms with Gasteiger partial charge in [-0.15, -0.1) is 0 Å². The van der Waals surface area contributed by atoms with Crippen LogP contribution in [0.1, 0.15) is 46.4 Å². The third kappa shape index (κ3) is 4.59. The molecule has 0 saturated heterocycles. The number of rotatable bonds is 8. The molecular weight excluding hydrogens is 386 g/mol. The van der Waals surface area contributed by atoms with Crippen molar-refractivity contribution in [3.63, 3.8) is 0 Å². The molecule has 1 atom stereocenters. The number of nitrogens with one attached hydrogen (secondary N) is 1. The molecule has 1 aliphatic rings. The van der Waals surface area contributed by atoms with Crippen LogP contribution in [0.15, 0.2) is 28.8 Å². The molecule has 1 fully saturated rings. The number of carbonyl (C=O) groups excluding carboxylic acids is 2. The quantitative estimate of drug-likeness (QED) is 0.678. The van der Waals surface area contributed by atoms with E-state index in [1.165, 1.54) is 0 Å². The van der Waals surface area contributed by atoms with Gasteiger partial charge in [0.25, 0.3) is 11.8 Å². The summed E-state index contributed by atoms with van der Waals surface area (Å²) in [5, 5.41) is 16.1. The zero-order valence-corrected chi connectivity index (χ0v) is 17.4. The van der Waals surface area contributed by atoms with Crippen molar-refractivity contribution >= 4 is 11.8 Å². The number of carbonyl (C=O) groups is 2. The lowest BCUT2D eigenvalue weighted by atomic mass is 10.0. The molecule has 0 spiro atoms. The summed E-state index contributed by atoms with van der Waals surface area (Å²) in [6.07, 6.45) is 1.79. The third-order valence-corrected chi connectivity index (χ3v) is 4.99. The van der Waals surface area contributed by atoms with Gasteiger partial charge >= 0.3 is 0 Å². The lowest BCUT2D eigenvalue weighted by molar-refractivity contribution is -0.130. The fourth-order valence-corrected chi connectivity index (χ4v) is 2.86. The fraction of sp³-hybridized carbons (Fsp3) is 0.476. The van der Waals surface area contributed by atoms with Crippen molar-refractivity contribution in [1.29, 1.82) is 5.26 Å². The molecule has 0 aliphatic heterocycles. The van der Waals surface area contributed by atoms with Crippen molar-refractivity contribution in [2.75, 3.05) is 0 Å². The molecule has 1 aliphatic carbocycles. The summed E-state index contributed by atoms with van der Waals surface area (Å²) in [6.45, 7) is 6.66. The number of ether oxygens (including phenoxy) is 1. The van der Waals surface area contributed by atoms with Gasteiger partial charge in [-0.2, -0.15) is 10.2 Å². The molecule has 0 bridgehead atoms. The number of hydrogen-bond acceptors (Lipinski definition) is 7. The van der Waals surface area contributed by atoms with Crippen LogP contribution in [0.3, 0.4) is 0 Å². The molecule has 1 saturated carbocycles. The maximum Gasteiger partial charge on any atom is 0.261 e. The maximum atomic E-state index is 12.5. The van der Waals surface area contributed by atoms with Crippen LogP contribution in [0.5, 0.6) is 5.75 Å². The molecule has 9 heteroatoms. The Bertz CT molecular complexity index is 984. The molecular formula is C21H25N5O4. The fourth-order valence-electron chi connectivity index (χ4n) is 2.86. The molecule has 2 aromatic rings. The first-order valence-corrected chi connectivity index (χ1v) is 9.68. The summed E-state index contributed by atoms with van der Waals surface area (Å²) >= 11 is 0. The van der Waals surface area contributed by atoms with Gasteiger partial charge in [0.05, 0.1) is 6.07 Å². The van der Waals surface area contributed by atoms with Crippen molar-refractivity contribution in [1.82, 2.24) is 15.5 Å². The average Bonchev–Trinajstić information content (AvgIpc) is 3.36. The molecule has 0 radical (unpaired) electrons. The molecule has 1 unspecified atom stereocenters. The minimum Gasteiger partial charge on any atom is -0.478 e. The zero-order valence-electron chi connectivity index (χ0n) is 17.4. The van der Waals surface area contributed by atoms with Gasteiger partial charge in [-0.1, -0.05) is 5.16 Å². The Morgan fingerprint density at radius 1 is 1.27 bits per heavy atom. The lowest BCUT2D eigenvalue weighted by Crippen LogP contribution is -2.44. The summed E-state index contributed by atoms with van der Waals surface area (Å²) in [5.74, 6) is -0.391. The molecule has 1 aromatic carbocycles. The zero-order chi connectivity index (χ0) is 22.1. The predicted octanol–water partition coefficient (Wildman–Crippen LogP) is 2.28. The second kappa shape index (κ2) is 7.78. The summed E-state index contributed by atoms with van der Waals surface area (Å²) in [6, 6.07) is 8.89. The van der Waals surface area contributed by atoms with Gasteiger partial charge in [0.15, 0.2) is 5.60 Å². The summed E-state index contributed by atoms with van der Waals surface area (Å²) in [5.41, 5.74) is 3.93. The van der Waals surface area contributed by atoms with Gasteiger partial charge in [0.2, 0.25) is 11.7 Å². The number of nitrogens with two attached hydrogens (primary N) is 1. The highest BCUT2D eigenvalue weighted by Gasteiger charge is 2.39. The highest BCUT2D eigenvalue weighted by Crippen LogP contribution is 2.37. The topological polar surface area (TPSA) is 144 Å². The van der Waals surface area contributed by atoms with Crippen LogP contribution in [0, 0.1) is 23.2 Å². The van der Waals surface area contributed by atoms with Gasteiger partial charge in [0, 0.05) is 5.56 Å². The van der Waals surface area contributed by atoms with E-state index in [0.29, 0.717) is 17.1 Å². The second-order valence-electron chi connectivity index (χ2n) is 8.48. The van der Waals surface area contributed by atoms with E-state index < -0.39 is 23.0 Å². The van der Waals surface area contributed by atoms with E-state index in [4.69, 9.17) is 15.0 Å². The SMILES string of the molecule is CC(C)(Oc1ccc(-c2noc(C(C)(C)NC(=O)C(C#N)C3CC3)n2)cc1)C(N)=O. The van der Waals surface area contributed by atoms with E-state index in [-0.39, 0.29) is 17.7 Å². The highest BCUT2D eigenvalue weighted by molar-refractivity contribution is 5.83. The first-order chi connectivity index (χ1) is 14.0. The molecule has 9 nitrogen and oxygen atoms in total. The van der Waals surface area contributed by atoms with Crippen LogP contribution >= 0.6 is 0 Å². The van der Waals surface area contributed by atoms with Crippen molar-refractivity contribution in [3.8, 4) is 23.2 Å². The Balaban J connectivity index is 1.71. The first kappa shape index (κ1) is 21.3. The van der Waals surface area contributed by atoms with Gasteiger partial charge in [0.1, 0.15) is 17.2 Å². The molecule has 3 rings (SSSR count). The van der Waals surface area contributed by atoms with Crippen LogP contribution in [0.2, 0.25) is 0 Å². The van der Waals surface area contributed by atoms with E-state index in [0.717, 1.165) is 12.8 Å². The predicted molar refractivity (Wildman–Crippen MR) is 107 cm³/mol. The molecule has 3 N–H and O–H groups in total. The molecule has 2 amide bonds. The normalized spacial score (nSPS) is 15.2. The summed E-state index contributed by atoms with van der Waals surface area (Å²) < 4.78 is 11.0. The Labute approximate surface area is 174 Å². The Hall–Kier alpha value is -3.41. The van der Waals surface area contributed by atoms with E-state index in [2.05, 4.69) is 21.5 Å². The Kier molecular flexibility index (Phi) is 5.53. The second-order valence-corrected chi connectivity index (χ2v) is 8.48. The number of aromatic nitrogens is 2. The van der Waals surface area contributed by atoms with Crippen LogP contribution in [-0.2, 0) is 15.1 Å². The highest BCUT2D eigenvalue weighted by atomic mass is 16.5. The van der Waals surface area contributed by atoms with E-state index in [9.17, 15) is 14.9 Å². The van der Waals surface area contributed by atoms with Crippen LogP contribution in [0.25, 0.3) is 11.4 Å². The minimum absolute atomic E-state index is 0.129. The molecule has 158 valence electrons. The van der Waals surface area contributed by atoms with E-state index >= 15 is 0 Å². The maximum absolute atomic E-state index is 12.5. The first-order valence-electron chi connectivity index (χ1n) is 9.68. The Morgan fingerprint density at radius 3 is 2.43 bits per heavy atom. The van der Waals surface area contributed by atoms with Crippen molar-refractivity contribution in [2.24, 2.45) is 17.6 Å². The van der Waals surface area contributed by atoms with E-state index in [1.54, 1.807) is 52.0 Å². The smallest absolute Gasteiger partial charge is 0.261 e. The standard InChI is InChI=1S/C21H25N5O4/c1-20(2,25-17(27)15(11-22)12-5-6-12)19-24-16(26-30-19)13-7-9-14(10-8-13)29-21(3,4)18(23)28/h7-10,12,15H,5-6H2,1-4H3,(H2,23,28)(H,25,27). The number of amides is 2. The van der Waals surface area contributed by atoms with Crippen molar-refractivity contribution in [2.45, 2.75) is 51.7 Å². The molecule has 1 heterocycles. The summed E-state index contributed by atoms with van der Waals surface area (Å²) in [7, 11) is 0. The molecule has 30 heavy (non-hydrogen) atoms. The van der Waals surface area contributed by atoms with Gasteiger partial charge in [-0.25, -0.2) is 0 Å². The summed E-state index contributed by atoms with van der Waals surface area (Å²) in [4.78, 5) is 28.2. The number of nitriles is 1.